The van der Waals surface area contributed by atoms with Crippen LogP contribution in [0.3, 0.4) is 0 Å². The Bertz CT molecular complexity index is 449. The molecule has 96 valence electrons. The van der Waals surface area contributed by atoms with E-state index in [1.807, 2.05) is 6.08 Å². The molecule has 3 rings (SSSR count). The molecular formula is C15H17F2N. The van der Waals surface area contributed by atoms with Crippen LogP contribution < -0.4 is 5.32 Å². The third kappa shape index (κ3) is 2.32. The maximum atomic E-state index is 13.1. The molecule has 3 unspecified atom stereocenters. The standard InChI is InChI=1S/C15H17F2N/c16-12-6-10(7-13(17)8-12)4-5-15-14-3-1-2-11(14)9-18-15/h4-8,11,14-15,18H,1-3,9H2/b5-4+. The van der Waals surface area contributed by atoms with Crippen molar-refractivity contribution in [3.05, 3.63) is 41.5 Å². The first-order valence-electron chi connectivity index (χ1n) is 6.60. The van der Waals surface area contributed by atoms with Crippen molar-refractivity contribution < 1.29 is 8.78 Å². The molecule has 1 N–H and O–H groups in total. The Morgan fingerprint density at radius 2 is 1.89 bits per heavy atom. The van der Waals surface area contributed by atoms with Gasteiger partial charge in [-0.1, -0.05) is 18.6 Å². The lowest BCUT2D eigenvalue weighted by Gasteiger charge is -2.13. The Balaban J connectivity index is 1.73. The van der Waals surface area contributed by atoms with Gasteiger partial charge in [0.25, 0.3) is 0 Å². The number of halogens is 2. The molecule has 0 bridgehead atoms. The Labute approximate surface area is 106 Å². The van der Waals surface area contributed by atoms with Crippen LogP contribution in [0.4, 0.5) is 8.78 Å². The van der Waals surface area contributed by atoms with Crippen LogP contribution >= 0.6 is 0 Å². The van der Waals surface area contributed by atoms with E-state index in [4.69, 9.17) is 0 Å². The summed E-state index contributed by atoms with van der Waals surface area (Å²) in [6, 6.07) is 3.99. The summed E-state index contributed by atoms with van der Waals surface area (Å²) < 4.78 is 26.1. The van der Waals surface area contributed by atoms with Gasteiger partial charge in [-0.2, -0.15) is 0 Å². The maximum Gasteiger partial charge on any atom is 0.126 e. The maximum absolute atomic E-state index is 13.1. The molecule has 1 aromatic carbocycles. The van der Waals surface area contributed by atoms with Gasteiger partial charge >= 0.3 is 0 Å². The summed E-state index contributed by atoms with van der Waals surface area (Å²) in [4.78, 5) is 0. The molecule has 0 amide bonds. The van der Waals surface area contributed by atoms with Crippen LogP contribution in [0.1, 0.15) is 24.8 Å². The molecule has 0 radical (unpaired) electrons. The van der Waals surface area contributed by atoms with Crippen LogP contribution in [0.2, 0.25) is 0 Å². The van der Waals surface area contributed by atoms with Crippen molar-refractivity contribution in [1.29, 1.82) is 0 Å². The fraction of sp³-hybridized carbons (Fsp3) is 0.467. The van der Waals surface area contributed by atoms with Crippen molar-refractivity contribution in [2.45, 2.75) is 25.3 Å². The molecule has 1 aliphatic heterocycles. The van der Waals surface area contributed by atoms with E-state index in [9.17, 15) is 8.78 Å². The second-order valence-corrected chi connectivity index (χ2v) is 5.35. The van der Waals surface area contributed by atoms with E-state index in [-0.39, 0.29) is 0 Å². The van der Waals surface area contributed by atoms with Crippen molar-refractivity contribution in [1.82, 2.24) is 5.32 Å². The number of benzene rings is 1. The first-order valence-corrected chi connectivity index (χ1v) is 6.60. The minimum absolute atomic E-state index is 0.365. The minimum Gasteiger partial charge on any atom is -0.310 e. The molecular weight excluding hydrogens is 232 g/mol. The van der Waals surface area contributed by atoms with Gasteiger partial charge < -0.3 is 5.32 Å². The molecule has 3 heteroatoms. The molecule has 1 aliphatic carbocycles. The first kappa shape index (κ1) is 11.8. The van der Waals surface area contributed by atoms with Crippen molar-refractivity contribution >= 4 is 6.08 Å². The van der Waals surface area contributed by atoms with Gasteiger partial charge in [0.2, 0.25) is 0 Å². The highest BCUT2D eigenvalue weighted by Gasteiger charge is 2.37. The van der Waals surface area contributed by atoms with Gasteiger partial charge in [-0.25, -0.2) is 8.78 Å². The van der Waals surface area contributed by atoms with Crippen LogP contribution in [0, 0.1) is 23.5 Å². The summed E-state index contributed by atoms with van der Waals surface area (Å²) in [5.74, 6) is 0.462. The summed E-state index contributed by atoms with van der Waals surface area (Å²) in [7, 11) is 0. The predicted molar refractivity (Wildman–Crippen MR) is 68.0 cm³/mol. The molecule has 3 atom stereocenters. The summed E-state index contributed by atoms with van der Waals surface area (Å²) in [6.45, 7) is 1.08. The molecule has 0 spiro atoms. The Hall–Kier alpha value is -1.22. The number of nitrogens with one attached hydrogen (secondary N) is 1. The predicted octanol–water partition coefficient (Wildman–Crippen LogP) is 3.37. The van der Waals surface area contributed by atoms with Gasteiger partial charge in [0, 0.05) is 12.1 Å². The van der Waals surface area contributed by atoms with E-state index in [0.29, 0.717) is 17.5 Å². The normalized spacial score (nSPS) is 31.1. The van der Waals surface area contributed by atoms with Gasteiger partial charge in [0.15, 0.2) is 0 Å². The summed E-state index contributed by atoms with van der Waals surface area (Å²) in [5.41, 5.74) is 0.593. The molecule has 1 aromatic rings. The molecule has 18 heavy (non-hydrogen) atoms. The van der Waals surface area contributed by atoms with Gasteiger partial charge in [-0.15, -0.1) is 0 Å². The molecule has 1 saturated carbocycles. The van der Waals surface area contributed by atoms with E-state index >= 15 is 0 Å². The van der Waals surface area contributed by atoms with Crippen molar-refractivity contribution in [3.8, 4) is 0 Å². The average molecular weight is 249 g/mol. The van der Waals surface area contributed by atoms with E-state index < -0.39 is 11.6 Å². The zero-order chi connectivity index (χ0) is 12.5. The van der Waals surface area contributed by atoms with Gasteiger partial charge in [-0.05, 0) is 48.9 Å². The van der Waals surface area contributed by atoms with E-state index in [0.717, 1.165) is 18.5 Å². The van der Waals surface area contributed by atoms with E-state index in [1.54, 1.807) is 0 Å². The number of rotatable bonds is 2. The highest BCUT2D eigenvalue weighted by atomic mass is 19.1. The minimum atomic E-state index is -0.521. The van der Waals surface area contributed by atoms with Crippen LogP contribution in [-0.2, 0) is 0 Å². The van der Waals surface area contributed by atoms with Crippen molar-refractivity contribution in [2.24, 2.45) is 11.8 Å². The van der Waals surface area contributed by atoms with Gasteiger partial charge in [-0.3, -0.25) is 0 Å². The lowest BCUT2D eigenvalue weighted by molar-refractivity contribution is 0.456. The molecule has 2 aliphatic rings. The molecule has 1 heterocycles. The SMILES string of the molecule is Fc1cc(F)cc(/C=C/C2NCC3CCCC32)c1. The van der Waals surface area contributed by atoms with Crippen LogP contribution in [0.15, 0.2) is 24.3 Å². The highest BCUT2D eigenvalue weighted by Crippen LogP contribution is 2.38. The lowest BCUT2D eigenvalue weighted by atomic mass is 9.93. The number of fused-ring (bicyclic) bond motifs is 1. The van der Waals surface area contributed by atoms with Crippen LogP contribution in [0.5, 0.6) is 0 Å². The Morgan fingerprint density at radius 1 is 1.11 bits per heavy atom. The van der Waals surface area contributed by atoms with E-state index in [2.05, 4.69) is 11.4 Å². The summed E-state index contributed by atoms with van der Waals surface area (Å²) >= 11 is 0. The Morgan fingerprint density at radius 3 is 2.67 bits per heavy atom. The van der Waals surface area contributed by atoms with Gasteiger partial charge in [0.1, 0.15) is 11.6 Å². The van der Waals surface area contributed by atoms with Crippen LogP contribution in [-0.4, -0.2) is 12.6 Å². The monoisotopic (exact) mass is 249 g/mol. The summed E-state index contributed by atoms with van der Waals surface area (Å²) in [6.07, 6.45) is 7.78. The quantitative estimate of drug-likeness (QED) is 0.847. The molecule has 1 nitrogen and oxygen atoms in total. The fourth-order valence-electron chi connectivity index (χ4n) is 3.33. The Kier molecular flexibility index (Phi) is 3.16. The lowest BCUT2D eigenvalue weighted by Crippen LogP contribution is -2.23. The smallest absolute Gasteiger partial charge is 0.126 e. The molecule has 0 aromatic heterocycles. The zero-order valence-corrected chi connectivity index (χ0v) is 10.2. The van der Waals surface area contributed by atoms with E-state index in [1.165, 1.54) is 31.4 Å². The van der Waals surface area contributed by atoms with Crippen molar-refractivity contribution in [2.75, 3.05) is 6.54 Å². The third-order valence-corrected chi connectivity index (χ3v) is 4.18. The summed E-state index contributed by atoms with van der Waals surface area (Å²) in [5, 5.41) is 3.48. The first-order chi connectivity index (χ1) is 8.72. The third-order valence-electron chi connectivity index (χ3n) is 4.18. The van der Waals surface area contributed by atoms with Crippen LogP contribution in [0.25, 0.3) is 6.08 Å². The second-order valence-electron chi connectivity index (χ2n) is 5.35. The average Bonchev–Trinajstić information content (AvgIpc) is 2.87. The highest BCUT2D eigenvalue weighted by molar-refractivity contribution is 5.50. The number of hydrogen-bond donors (Lipinski definition) is 1. The van der Waals surface area contributed by atoms with Gasteiger partial charge in [0.05, 0.1) is 0 Å². The molecule has 2 fully saturated rings. The molecule has 1 saturated heterocycles. The fourth-order valence-corrected chi connectivity index (χ4v) is 3.33. The number of hydrogen-bond acceptors (Lipinski definition) is 1. The zero-order valence-electron chi connectivity index (χ0n) is 10.2. The second kappa shape index (κ2) is 4.81. The largest absolute Gasteiger partial charge is 0.310 e. The van der Waals surface area contributed by atoms with Crippen molar-refractivity contribution in [3.63, 3.8) is 0 Å². The topological polar surface area (TPSA) is 12.0 Å².